The van der Waals surface area contributed by atoms with Crippen LogP contribution in [-0.2, 0) is 9.59 Å². The first-order valence-electron chi connectivity index (χ1n) is 4.01. The Bertz CT molecular complexity index is 283. The second-order valence-corrected chi connectivity index (χ2v) is 2.79. The topological polar surface area (TPSA) is 69.1 Å². The standard InChI is InChI=1S/C8H10F3NO3/c1-5(8(9,10)11)4-6(13)12-3-2-7(14)15/h4H,2-3H2,1H3,(H,12,13)(H,14,15)/p+1/b5-4+. The molecular weight excluding hydrogens is 215 g/mol. The van der Waals surface area contributed by atoms with Crippen LogP contribution in [0.25, 0.3) is 0 Å². The molecule has 0 radical (unpaired) electrons. The van der Waals surface area contributed by atoms with Crippen LogP contribution in [0.5, 0.6) is 0 Å². The minimum absolute atomic E-state index is 0.136. The van der Waals surface area contributed by atoms with Gasteiger partial charge in [0.15, 0.2) is 0 Å². The second kappa shape index (κ2) is 5.38. The molecule has 0 unspecified atom stereocenters. The van der Waals surface area contributed by atoms with E-state index in [9.17, 15) is 22.8 Å². The van der Waals surface area contributed by atoms with E-state index in [1.165, 1.54) is 0 Å². The molecule has 0 heterocycles. The fraction of sp³-hybridized carbons (Fsp3) is 0.500. The number of halogens is 3. The van der Waals surface area contributed by atoms with Gasteiger partial charge in [0.1, 0.15) is 6.42 Å². The predicted molar refractivity (Wildman–Crippen MR) is 46.1 cm³/mol. The highest BCUT2D eigenvalue weighted by Crippen LogP contribution is 2.24. The summed E-state index contributed by atoms with van der Waals surface area (Å²) in [6.07, 6.45) is -4.33. The van der Waals surface area contributed by atoms with E-state index in [1.54, 1.807) is 0 Å². The zero-order valence-electron chi connectivity index (χ0n) is 7.94. The van der Waals surface area contributed by atoms with Crippen LogP contribution in [0, 0.1) is 0 Å². The summed E-state index contributed by atoms with van der Waals surface area (Å²) < 4.78 is 35.8. The molecule has 0 aliphatic carbocycles. The third kappa shape index (κ3) is 6.53. The summed E-state index contributed by atoms with van der Waals surface area (Å²) in [6.45, 7) is 0.637. The maximum atomic E-state index is 11.9. The largest absolute Gasteiger partial charge is 0.565 e. The van der Waals surface area contributed by atoms with Crippen molar-refractivity contribution >= 4 is 11.9 Å². The highest BCUT2D eigenvalue weighted by molar-refractivity contribution is 5.88. The number of rotatable bonds is 4. The van der Waals surface area contributed by atoms with Gasteiger partial charge in [-0.05, 0) is 6.92 Å². The molecule has 0 fully saturated rings. The Morgan fingerprint density at radius 3 is 2.33 bits per heavy atom. The molecule has 15 heavy (non-hydrogen) atoms. The van der Waals surface area contributed by atoms with Crippen LogP contribution in [0.4, 0.5) is 13.2 Å². The van der Waals surface area contributed by atoms with Crippen molar-refractivity contribution in [2.24, 2.45) is 0 Å². The lowest BCUT2D eigenvalue weighted by Crippen LogP contribution is -2.25. The molecule has 0 aromatic carbocycles. The Morgan fingerprint density at radius 2 is 1.93 bits per heavy atom. The molecule has 0 saturated carbocycles. The number of hydrogen-bond acceptors (Lipinski definition) is 2. The molecule has 1 amide bonds. The van der Waals surface area contributed by atoms with Crippen molar-refractivity contribution in [3.8, 4) is 0 Å². The molecule has 0 atom stereocenters. The van der Waals surface area contributed by atoms with E-state index >= 15 is 0 Å². The lowest BCUT2D eigenvalue weighted by molar-refractivity contribution is -0.136. The van der Waals surface area contributed by atoms with Crippen molar-refractivity contribution in [3.63, 3.8) is 0 Å². The molecule has 0 aliphatic heterocycles. The highest BCUT2D eigenvalue weighted by Gasteiger charge is 2.30. The van der Waals surface area contributed by atoms with E-state index in [2.05, 4.69) is 5.32 Å². The summed E-state index contributed by atoms with van der Waals surface area (Å²) in [7, 11) is 0. The lowest BCUT2D eigenvalue weighted by atomic mass is 10.2. The molecule has 3 N–H and O–H groups in total. The van der Waals surface area contributed by atoms with Crippen molar-refractivity contribution in [3.05, 3.63) is 11.6 Å². The van der Waals surface area contributed by atoms with Crippen molar-refractivity contribution in [1.82, 2.24) is 5.32 Å². The molecular formula is C8H11F3NO3+. The Hall–Kier alpha value is -1.53. The maximum Gasteiger partial charge on any atom is 0.517 e. The number of hydrogen-bond donors (Lipinski definition) is 1. The van der Waals surface area contributed by atoms with E-state index in [0.717, 1.165) is 6.92 Å². The van der Waals surface area contributed by atoms with Gasteiger partial charge < -0.3 is 10.4 Å². The predicted octanol–water partition coefficient (Wildman–Crippen LogP) is 0.253. The summed E-state index contributed by atoms with van der Waals surface area (Å²) in [5.74, 6) is -1.81. The minimum atomic E-state index is -4.53. The fourth-order valence-electron chi connectivity index (χ4n) is 0.629. The van der Waals surface area contributed by atoms with E-state index in [4.69, 9.17) is 5.11 Å². The van der Waals surface area contributed by atoms with Crippen molar-refractivity contribution in [2.75, 3.05) is 6.54 Å². The average Bonchev–Trinajstić information content (AvgIpc) is 2.01. The smallest absolute Gasteiger partial charge is 0.517 e. The number of alkyl halides is 3. The Balaban J connectivity index is 4.08. The van der Waals surface area contributed by atoms with E-state index < -0.39 is 23.6 Å². The molecule has 0 rings (SSSR count). The number of nitrogens with one attached hydrogen (secondary N) is 1. The minimum Gasteiger partial charge on any atom is -0.565 e. The van der Waals surface area contributed by atoms with Crippen molar-refractivity contribution in [2.45, 2.75) is 19.5 Å². The van der Waals surface area contributed by atoms with Gasteiger partial charge in [-0.3, -0.25) is 4.79 Å². The molecule has 0 bridgehead atoms. The zero-order valence-corrected chi connectivity index (χ0v) is 7.94. The van der Waals surface area contributed by atoms with Crippen LogP contribution < -0.4 is 5.32 Å². The highest BCUT2D eigenvalue weighted by atomic mass is 19.4. The quantitative estimate of drug-likeness (QED) is 0.551. The van der Waals surface area contributed by atoms with E-state index in [-0.39, 0.29) is 13.0 Å². The van der Waals surface area contributed by atoms with Crippen LogP contribution in [0.3, 0.4) is 0 Å². The zero-order chi connectivity index (χ0) is 12.1. The van der Waals surface area contributed by atoms with E-state index in [1.807, 2.05) is 0 Å². The summed E-state index contributed by atoms with van der Waals surface area (Å²) >= 11 is 0. The molecule has 0 spiro atoms. The summed E-state index contributed by atoms with van der Waals surface area (Å²) in [6, 6.07) is 0. The number of carbonyl (C=O) groups is 2. The van der Waals surface area contributed by atoms with Gasteiger partial charge in [0.05, 0.1) is 0 Å². The Labute approximate surface area is 83.8 Å². The SMILES string of the molecule is C/C(=C\C(=O)NCCC(=O)[OH2+])C(F)(F)F. The van der Waals surface area contributed by atoms with Gasteiger partial charge in [-0.1, -0.05) is 0 Å². The van der Waals surface area contributed by atoms with Crippen LogP contribution in [0.15, 0.2) is 11.6 Å². The first-order chi connectivity index (χ1) is 6.73. The van der Waals surface area contributed by atoms with Gasteiger partial charge in [0.25, 0.3) is 0 Å². The van der Waals surface area contributed by atoms with Gasteiger partial charge in [0.2, 0.25) is 5.91 Å². The Kier molecular flexibility index (Phi) is 4.83. The third-order valence-electron chi connectivity index (χ3n) is 1.45. The number of carbonyl (C=O) groups excluding carboxylic acids is 2. The number of amides is 1. The molecule has 0 aromatic heterocycles. The van der Waals surface area contributed by atoms with Gasteiger partial charge in [-0.2, -0.15) is 13.2 Å². The van der Waals surface area contributed by atoms with Gasteiger partial charge in [-0.15, -0.1) is 0 Å². The van der Waals surface area contributed by atoms with Crippen LogP contribution in [0.2, 0.25) is 0 Å². The normalized spacial score (nSPS) is 12.4. The fourth-order valence-corrected chi connectivity index (χ4v) is 0.629. The molecule has 86 valence electrons. The molecule has 4 nitrogen and oxygen atoms in total. The second-order valence-electron chi connectivity index (χ2n) is 2.79. The molecule has 0 saturated heterocycles. The number of allylic oxidation sites excluding steroid dienone is 1. The first kappa shape index (κ1) is 13.5. The van der Waals surface area contributed by atoms with Gasteiger partial charge in [-0.25, -0.2) is 0 Å². The van der Waals surface area contributed by atoms with Gasteiger partial charge in [0, 0.05) is 23.0 Å². The van der Waals surface area contributed by atoms with Crippen molar-refractivity contribution in [1.29, 1.82) is 0 Å². The first-order valence-corrected chi connectivity index (χ1v) is 4.01. The average molecular weight is 226 g/mol. The monoisotopic (exact) mass is 226 g/mol. The van der Waals surface area contributed by atoms with E-state index in [0.29, 0.717) is 6.08 Å². The summed E-state index contributed by atoms with van der Waals surface area (Å²) in [4.78, 5) is 20.9. The summed E-state index contributed by atoms with van der Waals surface area (Å²) in [5.41, 5.74) is -1.02. The molecule has 0 aliphatic rings. The molecule has 7 heteroatoms. The van der Waals surface area contributed by atoms with Crippen LogP contribution >= 0.6 is 0 Å². The van der Waals surface area contributed by atoms with Crippen LogP contribution in [0.1, 0.15) is 13.3 Å². The van der Waals surface area contributed by atoms with Crippen LogP contribution in [-0.4, -0.2) is 29.7 Å². The molecule has 0 aromatic rings. The maximum absolute atomic E-state index is 11.9. The van der Waals surface area contributed by atoms with Crippen molar-refractivity contribution < 1.29 is 27.9 Å². The lowest BCUT2D eigenvalue weighted by Gasteiger charge is -2.05. The third-order valence-corrected chi connectivity index (χ3v) is 1.45. The van der Waals surface area contributed by atoms with Gasteiger partial charge >= 0.3 is 12.1 Å². The summed E-state index contributed by atoms with van der Waals surface area (Å²) in [5, 5.41) is 8.54. The Morgan fingerprint density at radius 1 is 1.40 bits per heavy atom.